The first kappa shape index (κ1) is 13.5. The normalized spacial score (nSPS) is 18.8. The van der Waals surface area contributed by atoms with E-state index in [1.807, 2.05) is 0 Å². The van der Waals surface area contributed by atoms with Crippen LogP contribution in [-0.4, -0.2) is 25.9 Å². The molecule has 1 aliphatic rings. The van der Waals surface area contributed by atoms with Crippen molar-refractivity contribution < 1.29 is 9.47 Å². The molecule has 2 N–H and O–H groups in total. The standard InChI is InChI=1S/C15H23NO2/c1-11-7-12(2)9-13(8-11)15(16)10-18-14-3-5-17-6-4-14/h7-9,14-15H,3-6,10,16H2,1-2H3. The minimum atomic E-state index is -0.0357. The predicted molar refractivity (Wildman–Crippen MR) is 72.6 cm³/mol. The molecule has 0 spiro atoms. The van der Waals surface area contributed by atoms with Crippen molar-refractivity contribution in [2.45, 2.75) is 38.8 Å². The summed E-state index contributed by atoms with van der Waals surface area (Å²) < 4.78 is 11.2. The SMILES string of the molecule is Cc1cc(C)cc(C(N)COC2CCOCC2)c1. The Labute approximate surface area is 109 Å². The van der Waals surface area contributed by atoms with Gasteiger partial charge in [-0.15, -0.1) is 0 Å². The van der Waals surface area contributed by atoms with Gasteiger partial charge in [-0.1, -0.05) is 29.3 Å². The highest BCUT2D eigenvalue weighted by molar-refractivity contribution is 5.30. The van der Waals surface area contributed by atoms with Crippen LogP contribution in [0.15, 0.2) is 18.2 Å². The maximum absolute atomic E-state index is 6.19. The fraction of sp³-hybridized carbons (Fsp3) is 0.600. The fourth-order valence-electron chi connectivity index (χ4n) is 2.40. The van der Waals surface area contributed by atoms with Gasteiger partial charge in [0.15, 0.2) is 0 Å². The summed E-state index contributed by atoms with van der Waals surface area (Å²) in [5.41, 5.74) is 9.87. The quantitative estimate of drug-likeness (QED) is 0.891. The van der Waals surface area contributed by atoms with Crippen LogP contribution in [0.2, 0.25) is 0 Å². The van der Waals surface area contributed by atoms with E-state index >= 15 is 0 Å². The molecule has 18 heavy (non-hydrogen) atoms. The number of benzene rings is 1. The first-order valence-electron chi connectivity index (χ1n) is 6.68. The third kappa shape index (κ3) is 3.80. The first-order chi connectivity index (χ1) is 8.65. The third-order valence-electron chi connectivity index (χ3n) is 3.35. The van der Waals surface area contributed by atoms with Crippen molar-refractivity contribution in [1.82, 2.24) is 0 Å². The molecule has 0 saturated carbocycles. The smallest absolute Gasteiger partial charge is 0.0663 e. The summed E-state index contributed by atoms with van der Waals surface area (Å²) in [5.74, 6) is 0. The Morgan fingerprint density at radius 1 is 1.22 bits per heavy atom. The molecule has 3 heteroatoms. The highest BCUT2D eigenvalue weighted by Gasteiger charge is 2.16. The molecule has 1 saturated heterocycles. The lowest BCUT2D eigenvalue weighted by molar-refractivity contribution is -0.0358. The molecule has 0 amide bonds. The average molecular weight is 249 g/mol. The molecule has 1 unspecified atom stereocenters. The molecule has 0 bridgehead atoms. The number of hydrogen-bond donors (Lipinski definition) is 1. The highest BCUT2D eigenvalue weighted by Crippen LogP contribution is 2.18. The van der Waals surface area contributed by atoms with Gasteiger partial charge in [-0.25, -0.2) is 0 Å². The number of ether oxygens (including phenoxy) is 2. The van der Waals surface area contributed by atoms with Crippen LogP contribution >= 0.6 is 0 Å². The van der Waals surface area contributed by atoms with Crippen LogP contribution < -0.4 is 5.73 Å². The Kier molecular flexibility index (Phi) is 4.75. The fourth-order valence-corrected chi connectivity index (χ4v) is 2.40. The zero-order valence-electron chi connectivity index (χ0n) is 11.3. The first-order valence-corrected chi connectivity index (χ1v) is 6.68. The average Bonchev–Trinajstić information content (AvgIpc) is 2.36. The lowest BCUT2D eigenvalue weighted by Crippen LogP contribution is -2.27. The van der Waals surface area contributed by atoms with Crippen LogP contribution in [0.1, 0.15) is 35.6 Å². The van der Waals surface area contributed by atoms with Gasteiger partial charge in [0.2, 0.25) is 0 Å². The summed E-state index contributed by atoms with van der Waals surface area (Å²) in [5, 5.41) is 0. The van der Waals surface area contributed by atoms with Crippen LogP contribution in [0.5, 0.6) is 0 Å². The molecule has 1 aromatic carbocycles. The molecule has 1 heterocycles. The van der Waals surface area contributed by atoms with E-state index < -0.39 is 0 Å². The largest absolute Gasteiger partial charge is 0.381 e. The molecule has 0 radical (unpaired) electrons. The number of hydrogen-bond acceptors (Lipinski definition) is 3. The second kappa shape index (κ2) is 6.32. The molecule has 0 aromatic heterocycles. The molecule has 1 atom stereocenters. The van der Waals surface area contributed by atoms with E-state index in [4.69, 9.17) is 15.2 Å². The van der Waals surface area contributed by atoms with Crippen molar-refractivity contribution >= 4 is 0 Å². The van der Waals surface area contributed by atoms with Gasteiger partial charge in [-0.05, 0) is 32.3 Å². The summed E-state index contributed by atoms with van der Waals surface area (Å²) in [6, 6.07) is 6.41. The number of aryl methyl sites for hydroxylation is 2. The van der Waals surface area contributed by atoms with Crippen molar-refractivity contribution in [3.8, 4) is 0 Å². The van der Waals surface area contributed by atoms with Crippen LogP contribution in [-0.2, 0) is 9.47 Å². The lowest BCUT2D eigenvalue weighted by atomic mass is 10.0. The van der Waals surface area contributed by atoms with Crippen molar-refractivity contribution in [2.24, 2.45) is 5.73 Å². The molecule has 1 aromatic rings. The Hall–Kier alpha value is -0.900. The van der Waals surface area contributed by atoms with Gasteiger partial charge in [-0.2, -0.15) is 0 Å². The summed E-state index contributed by atoms with van der Waals surface area (Å²) in [6.45, 7) is 6.41. The Bertz CT molecular complexity index is 366. The van der Waals surface area contributed by atoms with E-state index in [1.165, 1.54) is 16.7 Å². The highest BCUT2D eigenvalue weighted by atomic mass is 16.5. The van der Waals surface area contributed by atoms with E-state index in [9.17, 15) is 0 Å². The monoisotopic (exact) mass is 249 g/mol. The Morgan fingerprint density at radius 3 is 2.44 bits per heavy atom. The predicted octanol–water partition coefficient (Wildman–Crippen LogP) is 2.50. The van der Waals surface area contributed by atoms with Crippen molar-refractivity contribution in [3.05, 3.63) is 34.9 Å². The van der Waals surface area contributed by atoms with Crippen molar-refractivity contribution in [1.29, 1.82) is 0 Å². The van der Waals surface area contributed by atoms with Crippen LogP contribution in [0, 0.1) is 13.8 Å². The van der Waals surface area contributed by atoms with Gasteiger partial charge in [-0.3, -0.25) is 0 Å². The molecule has 1 fully saturated rings. The van der Waals surface area contributed by atoms with Gasteiger partial charge in [0, 0.05) is 13.2 Å². The van der Waals surface area contributed by atoms with Crippen LogP contribution in [0.4, 0.5) is 0 Å². The molecule has 1 aliphatic heterocycles. The molecular formula is C15H23NO2. The second-order valence-electron chi connectivity index (χ2n) is 5.17. The summed E-state index contributed by atoms with van der Waals surface area (Å²) in [6.07, 6.45) is 2.29. The van der Waals surface area contributed by atoms with Crippen molar-refractivity contribution in [3.63, 3.8) is 0 Å². The molecule has 3 nitrogen and oxygen atoms in total. The lowest BCUT2D eigenvalue weighted by Gasteiger charge is -2.24. The molecule has 100 valence electrons. The zero-order valence-corrected chi connectivity index (χ0v) is 11.3. The van der Waals surface area contributed by atoms with Crippen molar-refractivity contribution in [2.75, 3.05) is 19.8 Å². The van der Waals surface area contributed by atoms with E-state index in [0.29, 0.717) is 12.7 Å². The van der Waals surface area contributed by atoms with Crippen LogP contribution in [0.25, 0.3) is 0 Å². The molecular weight excluding hydrogens is 226 g/mol. The van der Waals surface area contributed by atoms with E-state index in [1.54, 1.807) is 0 Å². The number of rotatable bonds is 4. The summed E-state index contributed by atoms with van der Waals surface area (Å²) in [7, 11) is 0. The Balaban J connectivity index is 1.88. The van der Waals surface area contributed by atoms with Gasteiger partial charge in [0.05, 0.1) is 18.8 Å². The Morgan fingerprint density at radius 2 is 1.83 bits per heavy atom. The molecule has 0 aliphatic carbocycles. The molecule has 2 rings (SSSR count). The summed E-state index contributed by atoms with van der Waals surface area (Å²) in [4.78, 5) is 0. The van der Waals surface area contributed by atoms with Crippen LogP contribution in [0.3, 0.4) is 0 Å². The van der Waals surface area contributed by atoms with Gasteiger partial charge < -0.3 is 15.2 Å². The minimum Gasteiger partial charge on any atom is -0.381 e. The minimum absolute atomic E-state index is 0.0357. The van der Waals surface area contributed by atoms with E-state index in [2.05, 4.69) is 32.0 Å². The topological polar surface area (TPSA) is 44.5 Å². The van der Waals surface area contributed by atoms with E-state index in [-0.39, 0.29) is 6.04 Å². The maximum Gasteiger partial charge on any atom is 0.0663 e. The summed E-state index contributed by atoms with van der Waals surface area (Å²) >= 11 is 0. The zero-order chi connectivity index (χ0) is 13.0. The third-order valence-corrected chi connectivity index (χ3v) is 3.35. The van der Waals surface area contributed by atoms with Gasteiger partial charge >= 0.3 is 0 Å². The second-order valence-corrected chi connectivity index (χ2v) is 5.17. The van der Waals surface area contributed by atoms with E-state index in [0.717, 1.165) is 26.1 Å². The van der Waals surface area contributed by atoms with Gasteiger partial charge in [0.1, 0.15) is 0 Å². The number of nitrogens with two attached hydrogens (primary N) is 1. The maximum atomic E-state index is 6.19. The van der Waals surface area contributed by atoms with Gasteiger partial charge in [0.25, 0.3) is 0 Å².